The molecule has 0 N–H and O–H groups in total. The molecule has 116 valence electrons. The molecule has 0 aliphatic carbocycles. The first kappa shape index (κ1) is 15.8. The zero-order valence-electron chi connectivity index (χ0n) is 12.9. The Bertz CT molecular complexity index is 444. The van der Waals surface area contributed by atoms with Crippen molar-refractivity contribution in [2.45, 2.75) is 45.6 Å². The first-order chi connectivity index (χ1) is 10.2. The molecule has 1 aromatic rings. The lowest BCUT2D eigenvalue weighted by molar-refractivity contribution is -0.149. The van der Waals surface area contributed by atoms with Gasteiger partial charge in [-0.2, -0.15) is 0 Å². The van der Waals surface area contributed by atoms with Gasteiger partial charge in [-0.1, -0.05) is 18.2 Å². The summed E-state index contributed by atoms with van der Waals surface area (Å²) in [4.78, 5) is 11.7. The summed E-state index contributed by atoms with van der Waals surface area (Å²) in [5, 5.41) is 0. The Labute approximate surface area is 126 Å². The monoisotopic (exact) mass is 292 g/mol. The molecule has 1 aromatic carbocycles. The maximum atomic E-state index is 11.7. The highest BCUT2D eigenvalue weighted by Gasteiger charge is 2.16. The summed E-state index contributed by atoms with van der Waals surface area (Å²) in [5.74, 6) is 0.635. The smallest absolute Gasteiger partial charge is 0.309 e. The third-order valence-corrected chi connectivity index (χ3v) is 3.67. The van der Waals surface area contributed by atoms with Crippen LogP contribution < -0.4 is 4.74 Å². The van der Waals surface area contributed by atoms with Crippen molar-refractivity contribution in [2.24, 2.45) is 0 Å². The second-order valence-corrected chi connectivity index (χ2v) is 5.49. The van der Waals surface area contributed by atoms with Crippen LogP contribution in [0.4, 0.5) is 0 Å². The molecule has 21 heavy (non-hydrogen) atoms. The van der Waals surface area contributed by atoms with Gasteiger partial charge in [-0.05, 0) is 44.2 Å². The summed E-state index contributed by atoms with van der Waals surface area (Å²) in [6.45, 7) is 5.48. The summed E-state index contributed by atoms with van der Waals surface area (Å²) < 4.78 is 16.5. The number of aryl methyl sites for hydroxylation is 2. The third kappa shape index (κ3) is 5.05. The van der Waals surface area contributed by atoms with Gasteiger partial charge in [0.2, 0.25) is 0 Å². The van der Waals surface area contributed by atoms with Gasteiger partial charge in [0.25, 0.3) is 0 Å². The van der Waals surface area contributed by atoms with Gasteiger partial charge < -0.3 is 14.2 Å². The Kier molecular flexibility index (Phi) is 6.05. The van der Waals surface area contributed by atoms with Crippen LogP contribution in [0, 0.1) is 13.8 Å². The molecule has 0 radical (unpaired) electrons. The second kappa shape index (κ2) is 8.03. The number of esters is 1. The average molecular weight is 292 g/mol. The molecule has 2 rings (SSSR count). The maximum Gasteiger partial charge on any atom is 0.309 e. The van der Waals surface area contributed by atoms with E-state index in [-0.39, 0.29) is 18.5 Å². The minimum absolute atomic E-state index is 0.0715. The highest BCUT2D eigenvalue weighted by molar-refractivity contribution is 5.69. The molecule has 1 heterocycles. The zero-order valence-corrected chi connectivity index (χ0v) is 12.9. The molecule has 0 spiro atoms. The van der Waals surface area contributed by atoms with Crippen LogP contribution in [0.25, 0.3) is 0 Å². The number of carbonyl (C=O) groups is 1. The molecule has 1 atom stereocenters. The van der Waals surface area contributed by atoms with E-state index in [9.17, 15) is 4.79 Å². The molecule has 0 saturated carbocycles. The van der Waals surface area contributed by atoms with Gasteiger partial charge in [0.15, 0.2) is 0 Å². The van der Waals surface area contributed by atoms with Crippen molar-refractivity contribution in [2.75, 3.05) is 19.8 Å². The fourth-order valence-electron chi connectivity index (χ4n) is 2.46. The molecule has 4 nitrogen and oxygen atoms in total. The maximum absolute atomic E-state index is 11.7. The Morgan fingerprint density at radius 3 is 2.71 bits per heavy atom. The number of benzene rings is 1. The molecule has 0 aromatic heterocycles. The van der Waals surface area contributed by atoms with Crippen LogP contribution in [0.2, 0.25) is 0 Å². The number of hydrogen-bond acceptors (Lipinski definition) is 4. The zero-order chi connectivity index (χ0) is 15.1. The normalized spacial score (nSPS) is 18.3. The number of para-hydroxylation sites is 1. The lowest BCUT2D eigenvalue weighted by Gasteiger charge is -2.22. The quantitative estimate of drug-likeness (QED) is 0.755. The first-order valence-electron chi connectivity index (χ1n) is 7.63. The van der Waals surface area contributed by atoms with Crippen molar-refractivity contribution in [3.63, 3.8) is 0 Å². The summed E-state index contributed by atoms with van der Waals surface area (Å²) in [5.41, 5.74) is 2.16. The van der Waals surface area contributed by atoms with Crippen LogP contribution in [0.1, 0.15) is 36.8 Å². The molecule has 1 aliphatic rings. The van der Waals surface area contributed by atoms with Crippen molar-refractivity contribution < 1.29 is 19.0 Å². The summed E-state index contributed by atoms with van der Waals surface area (Å²) in [6.07, 6.45) is 3.57. The van der Waals surface area contributed by atoms with E-state index in [2.05, 4.69) is 0 Å². The van der Waals surface area contributed by atoms with E-state index >= 15 is 0 Å². The molecule has 4 heteroatoms. The number of carbonyl (C=O) groups excluding carboxylic acids is 1. The lowest BCUT2D eigenvalue weighted by atomic mass is 10.1. The highest BCUT2D eigenvalue weighted by Crippen LogP contribution is 2.22. The van der Waals surface area contributed by atoms with E-state index in [1.807, 2.05) is 32.0 Å². The van der Waals surface area contributed by atoms with Crippen molar-refractivity contribution >= 4 is 5.97 Å². The number of hydrogen-bond donors (Lipinski definition) is 0. The van der Waals surface area contributed by atoms with Crippen LogP contribution in [0.15, 0.2) is 18.2 Å². The Morgan fingerprint density at radius 2 is 2.05 bits per heavy atom. The lowest BCUT2D eigenvalue weighted by Crippen LogP contribution is -2.26. The summed E-state index contributed by atoms with van der Waals surface area (Å²) in [7, 11) is 0. The van der Waals surface area contributed by atoms with Crippen LogP contribution >= 0.6 is 0 Å². The minimum atomic E-state index is -0.226. The predicted octanol–water partition coefficient (Wildman–Crippen LogP) is 3.18. The van der Waals surface area contributed by atoms with Gasteiger partial charge in [0.1, 0.15) is 12.4 Å². The van der Waals surface area contributed by atoms with E-state index in [0.29, 0.717) is 13.2 Å². The second-order valence-electron chi connectivity index (χ2n) is 5.49. The van der Waals surface area contributed by atoms with Gasteiger partial charge in [0, 0.05) is 6.61 Å². The van der Waals surface area contributed by atoms with Gasteiger partial charge in [-0.3, -0.25) is 4.79 Å². The van der Waals surface area contributed by atoms with Crippen molar-refractivity contribution in [3.05, 3.63) is 29.3 Å². The topological polar surface area (TPSA) is 44.8 Å². The van der Waals surface area contributed by atoms with Crippen molar-refractivity contribution in [1.82, 2.24) is 0 Å². The highest BCUT2D eigenvalue weighted by atomic mass is 16.6. The van der Waals surface area contributed by atoms with Crippen LogP contribution in [0.5, 0.6) is 5.75 Å². The molecule has 1 unspecified atom stereocenters. The molecule has 0 amide bonds. The average Bonchev–Trinajstić information content (AvgIpc) is 2.49. The summed E-state index contributed by atoms with van der Waals surface area (Å²) >= 11 is 0. The van der Waals surface area contributed by atoms with Gasteiger partial charge >= 0.3 is 5.97 Å². The third-order valence-electron chi connectivity index (χ3n) is 3.67. The Morgan fingerprint density at radius 1 is 1.29 bits per heavy atom. The fraction of sp³-hybridized carbons (Fsp3) is 0.588. The fourth-order valence-corrected chi connectivity index (χ4v) is 2.46. The van der Waals surface area contributed by atoms with E-state index in [1.165, 1.54) is 0 Å². The van der Waals surface area contributed by atoms with Crippen LogP contribution in [-0.4, -0.2) is 31.9 Å². The molecular weight excluding hydrogens is 268 g/mol. The minimum Gasteiger partial charge on any atom is -0.492 e. The Balaban J connectivity index is 1.67. The molecule has 0 bridgehead atoms. The first-order valence-corrected chi connectivity index (χ1v) is 7.63. The van der Waals surface area contributed by atoms with E-state index in [0.717, 1.165) is 42.7 Å². The Hall–Kier alpha value is -1.55. The van der Waals surface area contributed by atoms with E-state index < -0.39 is 0 Å². The summed E-state index contributed by atoms with van der Waals surface area (Å²) in [6, 6.07) is 6.00. The van der Waals surface area contributed by atoms with Crippen molar-refractivity contribution in [3.8, 4) is 5.75 Å². The van der Waals surface area contributed by atoms with E-state index in [1.54, 1.807) is 0 Å². The van der Waals surface area contributed by atoms with Gasteiger partial charge in [-0.15, -0.1) is 0 Å². The predicted molar refractivity (Wildman–Crippen MR) is 80.6 cm³/mol. The number of ether oxygens (including phenoxy) is 3. The standard InChI is InChI=1S/C17H24O4/c1-13-6-5-7-14(2)17(13)20-11-9-16(18)21-12-15-8-3-4-10-19-15/h5-7,15H,3-4,8-12H2,1-2H3. The molecule has 1 aliphatic heterocycles. The van der Waals surface area contributed by atoms with Crippen LogP contribution in [0.3, 0.4) is 0 Å². The SMILES string of the molecule is Cc1cccc(C)c1OCCC(=O)OCC1CCCCO1. The van der Waals surface area contributed by atoms with E-state index in [4.69, 9.17) is 14.2 Å². The van der Waals surface area contributed by atoms with Gasteiger partial charge in [-0.25, -0.2) is 0 Å². The van der Waals surface area contributed by atoms with Gasteiger partial charge in [0.05, 0.1) is 19.1 Å². The number of rotatable bonds is 6. The van der Waals surface area contributed by atoms with Crippen molar-refractivity contribution in [1.29, 1.82) is 0 Å². The van der Waals surface area contributed by atoms with Crippen LogP contribution in [-0.2, 0) is 14.3 Å². The molecular formula is C17H24O4. The molecule has 1 saturated heterocycles. The molecule has 1 fully saturated rings. The largest absolute Gasteiger partial charge is 0.492 e.